The summed E-state index contributed by atoms with van der Waals surface area (Å²) in [7, 11) is 0. The van der Waals surface area contributed by atoms with Crippen LogP contribution in [0.2, 0.25) is 0 Å². The topological polar surface area (TPSA) is 35.2 Å². The number of thiophene rings is 1. The third kappa shape index (κ3) is 1.96. The van der Waals surface area contributed by atoms with Crippen molar-refractivity contribution in [3.8, 4) is 0 Å². The molecule has 2 N–H and O–H groups in total. The highest BCUT2D eigenvalue weighted by Gasteiger charge is 2.40. The Hall–Kier alpha value is -0.380. The summed E-state index contributed by atoms with van der Waals surface area (Å²) in [6.45, 7) is 6.52. The van der Waals surface area contributed by atoms with Gasteiger partial charge in [0.1, 0.15) is 0 Å². The molecule has 0 bridgehead atoms. The quantitative estimate of drug-likeness (QED) is 0.840. The van der Waals surface area contributed by atoms with Crippen molar-refractivity contribution in [1.29, 1.82) is 0 Å². The van der Waals surface area contributed by atoms with Crippen LogP contribution in [0.5, 0.6) is 0 Å². The first-order valence-corrected chi connectivity index (χ1v) is 6.43. The van der Waals surface area contributed by atoms with Crippen LogP contribution < -0.4 is 5.73 Å². The van der Waals surface area contributed by atoms with Gasteiger partial charge in [0, 0.05) is 16.8 Å². The van der Waals surface area contributed by atoms with Gasteiger partial charge in [-0.05, 0) is 31.2 Å². The van der Waals surface area contributed by atoms with Gasteiger partial charge in [-0.1, -0.05) is 13.0 Å². The third-order valence-electron chi connectivity index (χ3n) is 3.61. The first kappa shape index (κ1) is 11.1. The van der Waals surface area contributed by atoms with Crippen LogP contribution in [0.3, 0.4) is 0 Å². The molecule has 15 heavy (non-hydrogen) atoms. The lowest BCUT2D eigenvalue weighted by atomic mass is 9.83. The fourth-order valence-corrected chi connectivity index (χ4v) is 3.37. The smallest absolute Gasteiger partial charge is 0.0600 e. The number of nitrogens with two attached hydrogens (primary N) is 1. The van der Waals surface area contributed by atoms with Crippen molar-refractivity contribution >= 4 is 11.3 Å². The van der Waals surface area contributed by atoms with E-state index in [1.54, 1.807) is 11.3 Å². The van der Waals surface area contributed by atoms with Crippen LogP contribution in [0.15, 0.2) is 17.5 Å². The SMILES string of the molecule is CC1OC(C)C(C(N)c2cccs2)C1C. The van der Waals surface area contributed by atoms with Gasteiger partial charge in [0.2, 0.25) is 0 Å². The Bertz CT molecular complexity index is 311. The average Bonchev–Trinajstić information content (AvgIpc) is 2.76. The van der Waals surface area contributed by atoms with Crippen LogP contribution in [0.25, 0.3) is 0 Å². The van der Waals surface area contributed by atoms with Crippen molar-refractivity contribution in [3.05, 3.63) is 22.4 Å². The highest BCUT2D eigenvalue weighted by Crippen LogP contribution is 2.40. The van der Waals surface area contributed by atoms with Gasteiger partial charge in [0.25, 0.3) is 0 Å². The Balaban J connectivity index is 2.16. The molecule has 1 aliphatic rings. The molecule has 0 spiro atoms. The van der Waals surface area contributed by atoms with Gasteiger partial charge in [-0.3, -0.25) is 0 Å². The second-order valence-corrected chi connectivity index (χ2v) is 5.50. The molecular weight excluding hydrogens is 206 g/mol. The number of rotatable bonds is 2. The van der Waals surface area contributed by atoms with Crippen LogP contribution in [0, 0.1) is 11.8 Å². The van der Waals surface area contributed by atoms with Gasteiger partial charge < -0.3 is 10.5 Å². The van der Waals surface area contributed by atoms with Crippen molar-refractivity contribution in [2.45, 2.75) is 39.0 Å². The number of ether oxygens (including phenoxy) is 1. The predicted octanol–water partition coefficient (Wildman–Crippen LogP) is 2.81. The molecule has 2 nitrogen and oxygen atoms in total. The molecule has 2 heterocycles. The first-order valence-electron chi connectivity index (χ1n) is 5.55. The molecule has 0 aromatic carbocycles. The van der Waals surface area contributed by atoms with Crippen LogP contribution in [-0.4, -0.2) is 12.2 Å². The molecule has 5 atom stereocenters. The highest BCUT2D eigenvalue weighted by atomic mass is 32.1. The Kier molecular flexibility index (Phi) is 3.14. The molecule has 1 fully saturated rings. The Labute approximate surface area is 95.4 Å². The Morgan fingerprint density at radius 3 is 2.53 bits per heavy atom. The van der Waals surface area contributed by atoms with Crippen LogP contribution in [0.4, 0.5) is 0 Å². The van der Waals surface area contributed by atoms with Gasteiger partial charge in [-0.15, -0.1) is 11.3 Å². The normalized spacial score (nSPS) is 38.1. The van der Waals surface area contributed by atoms with E-state index in [0.717, 1.165) is 0 Å². The molecule has 0 aliphatic carbocycles. The molecule has 0 radical (unpaired) electrons. The lowest BCUT2D eigenvalue weighted by Gasteiger charge is -2.24. The standard InChI is InChI=1S/C12H19NOS/c1-7-8(2)14-9(3)11(7)12(13)10-5-4-6-15-10/h4-9,11-12H,13H2,1-3H3. The van der Waals surface area contributed by atoms with E-state index in [9.17, 15) is 0 Å². The molecule has 1 saturated heterocycles. The molecule has 3 heteroatoms. The van der Waals surface area contributed by atoms with Gasteiger partial charge in [-0.25, -0.2) is 0 Å². The molecule has 1 aromatic heterocycles. The molecule has 2 rings (SSSR count). The van der Waals surface area contributed by atoms with E-state index in [1.807, 2.05) is 0 Å². The Morgan fingerprint density at radius 2 is 2.07 bits per heavy atom. The lowest BCUT2D eigenvalue weighted by molar-refractivity contribution is 0.0490. The minimum atomic E-state index is 0.125. The minimum Gasteiger partial charge on any atom is -0.375 e. The molecule has 0 saturated carbocycles. The largest absolute Gasteiger partial charge is 0.375 e. The molecule has 0 amide bonds. The van der Waals surface area contributed by atoms with Crippen LogP contribution >= 0.6 is 11.3 Å². The zero-order valence-electron chi connectivity index (χ0n) is 9.51. The van der Waals surface area contributed by atoms with Crippen molar-refractivity contribution in [2.24, 2.45) is 17.6 Å². The van der Waals surface area contributed by atoms with Crippen molar-refractivity contribution in [2.75, 3.05) is 0 Å². The molecule has 84 valence electrons. The maximum atomic E-state index is 6.32. The van der Waals surface area contributed by atoms with E-state index < -0.39 is 0 Å². The third-order valence-corrected chi connectivity index (χ3v) is 4.58. The minimum absolute atomic E-state index is 0.125. The van der Waals surface area contributed by atoms with Crippen molar-refractivity contribution in [1.82, 2.24) is 0 Å². The maximum Gasteiger partial charge on any atom is 0.0600 e. The van der Waals surface area contributed by atoms with Gasteiger partial charge in [0.15, 0.2) is 0 Å². The van der Waals surface area contributed by atoms with Gasteiger partial charge in [-0.2, -0.15) is 0 Å². The second kappa shape index (κ2) is 4.24. The first-order chi connectivity index (χ1) is 7.11. The predicted molar refractivity (Wildman–Crippen MR) is 63.9 cm³/mol. The summed E-state index contributed by atoms with van der Waals surface area (Å²) in [5.41, 5.74) is 6.32. The summed E-state index contributed by atoms with van der Waals surface area (Å²) in [4.78, 5) is 1.27. The monoisotopic (exact) mass is 225 g/mol. The van der Waals surface area contributed by atoms with E-state index in [4.69, 9.17) is 10.5 Å². The van der Waals surface area contributed by atoms with E-state index in [-0.39, 0.29) is 12.1 Å². The molecule has 1 aromatic rings. The summed E-state index contributed by atoms with van der Waals surface area (Å²) in [5.74, 6) is 0.982. The molecule has 1 aliphatic heterocycles. The zero-order valence-corrected chi connectivity index (χ0v) is 10.3. The van der Waals surface area contributed by atoms with E-state index in [2.05, 4.69) is 38.3 Å². The summed E-state index contributed by atoms with van der Waals surface area (Å²) in [5, 5.41) is 2.09. The van der Waals surface area contributed by atoms with Crippen LogP contribution in [0.1, 0.15) is 31.7 Å². The van der Waals surface area contributed by atoms with Gasteiger partial charge >= 0.3 is 0 Å². The average molecular weight is 225 g/mol. The molecular formula is C12H19NOS. The lowest BCUT2D eigenvalue weighted by Crippen LogP contribution is -2.30. The zero-order chi connectivity index (χ0) is 11.0. The highest BCUT2D eigenvalue weighted by molar-refractivity contribution is 7.10. The van der Waals surface area contributed by atoms with Crippen molar-refractivity contribution < 1.29 is 4.74 Å². The fraction of sp³-hybridized carbons (Fsp3) is 0.667. The summed E-state index contributed by atoms with van der Waals surface area (Å²) in [6, 6.07) is 4.31. The second-order valence-electron chi connectivity index (χ2n) is 4.52. The van der Waals surface area contributed by atoms with Gasteiger partial charge in [0.05, 0.1) is 12.2 Å². The fourth-order valence-electron chi connectivity index (χ4n) is 2.58. The van der Waals surface area contributed by atoms with E-state index >= 15 is 0 Å². The maximum absolute atomic E-state index is 6.32. The number of hydrogen-bond acceptors (Lipinski definition) is 3. The van der Waals surface area contributed by atoms with Crippen molar-refractivity contribution in [3.63, 3.8) is 0 Å². The molecule has 5 unspecified atom stereocenters. The summed E-state index contributed by atoms with van der Waals surface area (Å²) in [6.07, 6.45) is 0.600. The number of hydrogen-bond donors (Lipinski definition) is 1. The van der Waals surface area contributed by atoms with Crippen LogP contribution in [-0.2, 0) is 4.74 Å². The Morgan fingerprint density at radius 1 is 1.33 bits per heavy atom. The van der Waals surface area contributed by atoms with E-state index in [1.165, 1.54) is 4.88 Å². The van der Waals surface area contributed by atoms with E-state index in [0.29, 0.717) is 17.9 Å². The summed E-state index contributed by atoms with van der Waals surface area (Å²) >= 11 is 1.74. The summed E-state index contributed by atoms with van der Waals surface area (Å²) < 4.78 is 5.83.